The normalized spacial score (nSPS) is 35.8. The molecular formula is C8H16N2OS2. The maximum absolute atomic E-state index is 11.3. The van der Waals surface area contributed by atoms with Gasteiger partial charge in [-0.15, -0.1) is 0 Å². The number of carbonyl (C=O) groups is 1. The van der Waals surface area contributed by atoms with Gasteiger partial charge in [-0.05, 0) is 6.92 Å². The van der Waals surface area contributed by atoms with Gasteiger partial charge in [0, 0.05) is 10.5 Å². The molecule has 76 valence electrons. The highest BCUT2D eigenvalue weighted by Crippen LogP contribution is 2.42. The molecule has 13 heavy (non-hydrogen) atoms. The Morgan fingerprint density at radius 1 is 1.38 bits per heavy atom. The Hall–Kier alpha value is 0.130. The Balaban J connectivity index is 2.47. The molecule has 1 saturated heterocycles. The molecule has 2 unspecified atom stereocenters. The molecule has 0 bridgehead atoms. The fourth-order valence-corrected chi connectivity index (χ4v) is 4.27. The maximum Gasteiger partial charge on any atom is 0.236 e. The third-order valence-corrected chi connectivity index (χ3v) is 5.55. The van der Waals surface area contributed by atoms with Crippen LogP contribution in [0.1, 0.15) is 20.8 Å². The first-order chi connectivity index (χ1) is 6.02. The van der Waals surface area contributed by atoms with Crippen molar-refractivity contribution >= 4 is 27.5 Å². The summed E-state index contributed by atoms with van der Waals surface area (Å²) in [6.45, 7) is 5.97. The minimum Gasteiger partial charge on any atom is -0.350 e. The second-order valence-corrected chi connectivity index (χ2v) is 6.45. The summed E-state index contributed by atoms with van der Waals surface area (Å²) in [6, 6.07) is -0.150. The molecule has 0 aromatic rings. The Morgan fingerprint density at radius 3 is 2.23 bits per heavy atom. The first-order valence-electron chi connectivity index (χ1n) is 4.40. The Labute approximate surface area is 87.0 Å². The Bertz CT molecular complexity index is 189. The van der Waals surface area contributed by atoms with Gasteiger partial charge in [0.15, 0.2) is 0 Å². The van der Waals surface area contributed by atoms with Crippen molar-refractivity contribution in [3.8, 4) is 0 Å². The van der Waals surface area contributed by atoms with Crippen molar-refractivity contribution in [2.24, 2.45) is 5.73 Å². The lowest BCUT2D eigenvalue weighted by atomic mass is 10.1. The smallest absolute Gasteiger partial charge is 0.236 e. The van der Waals surface area contributed by atoms with Crippen LogP contribution in [0.15, 0.2) is 0 Å². The number of rotatable bonds is 2. The molecule has 1 fully saturated rings. The highest BCUT2D eigenvalue weighted by Gasteiger charge is 2.33. The highest BCUT2D eigenvalue weighted by molar-refractivity contribution is 8.77. The summed E-state index contributed by atoms with van der Waals surface area (Å²) in [6.07, 6.45) is 0. The molecule has 1 aliphatic rings. The number of amides is 1. The average Bonchev–Trinajstić information content (AvgIpc) is 2.35. The van der Waals surface area contributed by atoms with Gasteiger partial charge in [0.2, 0.25) is 5.91 Å². The van der Waals surface area contributed by atoms with Gasteiger partial charge in [-0.1, -0.05) is 35.4 Å². The van der Waals surface area contributed by atoms with Gasteiger partial charge in [0.1, 0.15) is 0 Å². The molecule has 1 amide bonds. The van der Waals surface area contributed by atoms with Crippen LogP contribution in [0.5, 0.6) is 0 Å². The summed E-state index contributed by atoms with van der Waals surface area (Å²) >= 11 is 0. The van der Waals surface area contributed by atoms with E-state index in [1.54, 1.807) is 6.92 Å². The molecule has 1 heterocycles. The fourth-order valence-electron chi connectivity index (χ4n) is 1.21. The van der Waals surface area contributed by atoms with E-state index >= 15 is 0 Å². The Kier molecular flexibility index (Phi) is 3.94. The van der Waals surface area contributed by atoms with E-state index in [1.807, 2.05) is 21.6 Å². The summed E-state index contributed by atoms with van der Waals surface area (Å²) < 4.78 is 0. The monoisotopic (exact) mass is 220 g/mol. The van der Waals surface area contributed by atoms with Crippen LogP contribution >= 0.6 is 21.6 Å². The molecule has 0 aromatic heterocycles. The van der Waals surface area contributed by atoms with E-state index in [0.29, 0.717) is 10.5 Å². The van der Waals surface area contributed by atoms with Gasteiger partial charge in [-0.2, -0.15) is 0 Å². The van der Waals surface area contributed by atoms with Crippen LogP contribution < -0.4 is 11.1 Å². The van der Waals surface area contributed by atoms with Gasteiger partial charge < -0.3 is 11.1 Å². The van der Waals surface area contributed by atoms with E-state index in [4.69, 9.17) is 5.73 Å². The molecule has 5 heteroatoms. The van der Waals surface area contributed by atoms with Crippen molar-refractivity contribution in [1.82, 2.24) is 5.32 Å². The van der Waals surface area contributed by atoms with Crippen LogP contribution in [0.3, 0.4) is 0 Å². The summed E-state index contributed by atoms with van der Waals surface area (Å²) in [5.74, 6) is -0.0493. The van der Waals surface area contributed by atoms with Gasteiger partial charge in [-0.3, -0.25) is 4.79 Å². The lowest BCUT2D eigenvalue weighted by Crippen LogP contribution is -2.49. The van der Waals surface area contributed by atoms with E-state index < -0.39 is 6.04 Å². The van der Waals surface area contributed by atoms with Gasteiger partial charge in [0.25, 0.3) is 0 Å². The standard InChI is InChI=1S/C8H16N2OS2/c1-4(9)8(11)10-7-5(2)12-13-6(7)3/h4-7H,9H2,1-3H3,(H,10,11)/t4-,5?,6?,7?/m1/s1. The number of nitrogens with one attached hydrogen (secondary N) is 1. The van der Waals surface area contributed by atoms with E-state index in [-0.39, 0.29) is 11.9 Å². The predicted octanol–water partition coefficient (Wildman–Crippen LogP) is 0.990. The molecular weight excluding hydrogens is 204 g/mol. The van der Waals surface area contributed by atoms with Crippen LogP contribution in [-0.2, 0) is 4.79 Å². The quantitative estimate of drug-likeness (QED) is 0.681. The molecule has 3 atom stereocenters. The van der Waals surface area contributed by atoms with Crippen LogP contribution in [0.4, 0.5) is 0 Å². The van der Waals surface area contributed by atoms with Gasteiger partial charge in [0.05, 0.1) is 12.1 Å². The minimum atomic E-state index is -0.407. The highest BCUT2D eigenvalue weighted by atomic mass is 33.1. The number of nitrogens with two attached hydrogens (primary N) is 1. The zero-order chi connectivity index (χ0) is 10.0. The van der Waals surface area contributed by atoms with Crippen molar-refractivity contribution in [3.05, 3.63) is 0 Å². The van der Waals surface area contributed by atoms with Gasteiger partial charge in [-0.25, -0.2) is 0 Å². The van der Waals surface area contributed by atoms with Crippen molar-refractivity contribution in [1.29, 1.82) is 0 Å². The van der Waals surface area contributed by atoms with E-state index in [2.05, 4.69) is 19.2 Å². The molecule has 0 radical (unpaired) electrons. The molecule has 0 spiro atoms. The summed E-state index contributed by atoms with van der Waals surface area (Å²) in [4.78, 5) is 11.3. The van der Waals surface area contributed by atoms with E-state index in [1.165, 1.54) is 0 Å². The fraction of sp³-hybridized carbons (Fsp3) is 0.875. The zero-order valence-corrected chi connectivity index (χ0v) is 9.74. The first kappa shape index (κ1) is 11.2. The van der Waals surface area contributed by atoms with Gasteiger partial charge >= 0.3 is 0 Å². The lowest BCUT2D eigenvalue weighted by Gasteiger charge is -2.20. The van der Waals surface area contributed by atoms with Crippen LogP contribution in [0, 0.1) is 0 Å². The number of hydrogen-bond acceptors (Lipinski definition) is 4. The average molecular weight is 220 g/mol. The maximum atomic E-state index is 11.3. The summed E-state index contributed by atoms with van der Waals surface area (Å²) in [5.41, 5.74) is 5.48. The molecule has 0 aliphatic carbocycles. The first-order valence-corrected chi connectivity index (χ1v) is 6.68. The largest absolute Gasteiger partial charge is 0.350 e. The molecule has 1 aliphatic heterocycles. The second kappa shape index (κ2) is 4.57. The lowest BCUT2D eigenvalue weighted by molar-refractivity contribution is -0.122. The van der Waals surface area contributed by atoms with E-state index in [9.17, 15) is 4.79 Å². The van der Waals surface area contributed by atoms with Crippen LogP contribution in [-0.4, -0.2) is 28.5 Å². The van der Waals surface area contributed by atoms with E-state index in [0.717, 1.165) is 0 Å². The molecule has 1 rings (SSSR count). The SMILES string of the molecule is CC1SSC(C)C1NC(=O)[C@@H](C)N. The topological polar surface area (TPSA) is 55.1 Å². The van der Waals surface area contributed by atoms with Crippen molar-refractivity contribution < 1.29 is 4.79 Å². The van der Waals surface area contributed by atoms with Crippen LogP contribution in [0.25, 0.3) is 0 Å². The number of hydrogen-bond donors (Lipinski definition) is 2. The molecule has 0 aromatic carbocycles. The molecule has 3 nitrogen and oxygen atoms in total. The van der Waals surface area contributed by atoms with Crippen molar-refractivity contribution in [2.75, 3.05) is 0 Å². The molecule has 0 saturated carbocycles. The minimum absolute atomic E-state index is 0.0493. The summed E-state index contributed by atoms with van der Waals surface area (Å²) in [7, 11) is 3.66. The third-order valence-electron chi connectivity index (χ3n) is 2.09. The molecule has 3 N–H and O–H groups in total. The third kappa shape index (κ3) is 2.79. The van der Waals surface area contributed by atoms with Crippen LogP contribution in [0.2, 0.25) is 0 Å². The summed E-state index contributed by atoms with van der Waals surface area (Å²) in [5, 5.41) is 3.92. The Morgan fingerprint density at radius 2 is 1.85 bits per heavy atom. The van der Waals surface area contributed by atoms with Crippen molar-refractivity contribution in [2.45, 2.75) is 43.4 Å². The zero-order valence-electron chi connectivity index (χ0n) is 8.11. The number of carbonyl (C=O) groups excluding carboxylic acids is 1. The second-order valence-electron chi connectivity index (χ2n) is 3.43. The predicted molar refractivity (Wildman–Crippen MR) is 59.7 cm³/mol. The van der Waals surface area contributed by atoms with Crippen molar-refractivity contribution in [3.63, 3.8) is 0 Å².